The molecule has 0 spiro atoms. The van der Waals surface area contributed by atoms with E-state index in [1.165, 1.54) is 5.01 Å². The number of likely N-dealkylation sites (tertiary alicyclic amines) is 1. The second-order valence-corrected chi connectivity index (χ2v) is 10.5. The molecule has 0 aliphatic carbocycles. The Bertz CT molecular complexity index is 1000. The molecule has 3 amide bonds. The van der Waals surface area contributed by atoms with Gasteiger partial charge >= 0.3 is 0 Å². The van der Waals surface area contributed by atoms with Crippen LogP contribution in [0, 0.1) is 0 Å². The molecule has 9 nitrogen and oxygen atoms in total. The van der Waals surface area contributed by atoms with Crippen LogP contribution in [0.15, 0.2) is 35.4 Å². The average molecular weight is 447 g/mol. The fourth-order valence-electron chi connectivity index (χ4n) is 4.25. The largest absolute Gasteiger partial charge is 0.349 e. The number of carbonyl (C=O) groups is 3. The third kappa shape index (κ3) is 4.95. The molecule has 0 bridgehead atoms. The molecule has 0 radical (unpaired) electrons. The summed E-state index contributed by atoms with van der Waals surface area (Å²) in [5, 5.41) is 8.50. The molecule has 2 saturated heterocycles. The molecule has 3 aliphatic heterocycles. The zero-order valence-corrected chi connectivity index (χ0v) is 18.0. The maximum atomic E-state index is 12.9. The molecule has 0 saturated carbocycles. The summed E-state index contributed by atoms with van der Waals surface area (Å²) in [6.45, 7) is 0.979. The predicted molar refractivity (Wildman–Crippen MR) is 114 cm³/mol. The van der Waals surface area contributed by atoms with Crippen molar-refractivity contribution in [2.24, 2.45) is 5.10 Å². The normalized spacial score (nSPS) is 24.1. The van der Waals surface area contributed by atoms with Gasteiger partial charge in [-0.2, -0.15) is 5.10 Å². The Balaban J connectivity index is 1.34. The molecular formula is C21H26N4O5S. The van der Waals surface area contributed by atoms with Crippen molar-refractivity contribution in [3.8, 4) is 0 Å². The fourth-order valence-corrected chi connectivity index (χ4v) is 5.94. The second-order valence-electron chi connectivity index (χ2n) is 8.25. The molecule has 166 valence electrons. The molecule has 31 heavy (non-hydrogen) atoms. The van der Waals surface area contributed by atoms with E-state index in [1.54, 1.807) is 17.0 Å². The van der Waals surface area contributed by atoms with Crippen molar-refractivity contribution in [2.75, 3.05) is 24.6 Å². The molecule has 1 atom stereocenters. The second kappa shape index (κ2) is 8.78. The van der Waals surface area contributed by atoms with E-state index in [2.05, 4.69) is 10.4 Å². The minimum atomic E-state index is -3.16. The van der Waals surface area contributed by atoms with Gasteiger partial charge in [0.1, 0.15) is 5.71 Å². The van der Waals surface area contributed by atoms with E-state index in [4.69, 9.17) is 0 Å². The molecule has 0 aromatic heterocycles. The van der Waals surface area contributed by atoms with E-state index in [1.807, 2.05) is 18.2 Å². The van der Waals surface area contributed by atoms with Gasteiger partial charge in [-0.3, -0.25) is 14.4 Å². The highest BCUT2D eigenvalue weighted by Crippen LogP contribution is 2.23. The number of hydrogen-bond donors (Lipinski definition) is 1. The molecule has 4 rings (SSSR count). The lowest BCUT2D eigenvalue weighted by Crippen LogP contribution is -2.50. The lowest BCUT2D eigenvalue weighted by molar-refractivity contribution is -0.134. The highest BCUT2D eigenvalue weighted by molar-refractivity contribution is 7.91. The van der Waals surface area contributed by atoms with Crippen molar-refractivity contribution in [2.45, 2.75) is 44.2 Å². The quantitative estimate of drug-likeness (QED) is 0.726. The summed E-state index contributed by atoms with van der Waals surface area (Å²) in [5.41, 5.74) is 0.909. The van der Waals surface area contributed by atoms with E-state index in [9.17, 15) is 22.8 Å². The number of amides is 3. The number of piperidine rings is 1. The number of nitrogens with one attached hydrogen (secondary N) is 1. The standard InChI is InChI=1S/C21H26N4O5S/c26-19-7-6-18(23-25(19)17-10-13-31(29,30)14-17)21(28)24-11-8-16(9-12-24)22-20(27)15-4-2-1-3-5-15/h1-5,16-17H,6-14H2,(H,22,27). The Morgan fingerprint density at radius 2 is 1.74 bits per heavy atom. The van der Waals surface area contributed by atoms with Gasteiger partial charge in [0.2, 0.25) is 5.91 Å². The van der Waals surface area contributed by atoms with Crippen molar-refractivity contribution in [3.05, 3.63) is 35.9 Å². The minimum absolute atomic E-state index is 0.00757. The van der Waals surface area contributed by atoms with E-state index in [0.717, 1.165) is 0 Å². The molecule has 3 heterocycles. The van der Waals surface area contributed by atoms with Gasteiger partial charge in [0.05, 0.1) is 17.5 Å². The van der Waals surface area contributed by atoms with Crippen molar-refractivity contribution >= 4 is 33.3 Å². The first-order chi connectivity index (χ1) is 14.8. The fraction of sp³-hybridized carbons (Fsp3) is 0.524. The summed E-state index contributed by atoms with van der Waals surface area (Å²) in [4.78, 5) is 39.2. The van der Waals surface area contributed by atoms with Gasteiger partial charge in [0.15, 0.2) is 9.84 Å². The number of benzene rings is 1. The summed E-state index contributed by atoms with van der Waals surface area (Å²) in [6, 6.07) is 8.52. The predicted octanol–water partition coefficient (Wildman–Crippen LogP) is 0.573. The van der Waals surface area contributed by atoms with Crippen molar-refractivity contribution in [1.82, 2.24) is 15.2 Å². The highest BCUT2D eigenvalue weighted by atomic mass is 32.2. The van der Waals surface area contributed by atoms with Gasteiger partial charge in [-0.25, -0.2) is 13.4 Å². The SMILES string of the molecule is O=C(NC1CCN(C(=O)C2=NN(C3CCS(=O)(=O)C3)C(=O)CC2)CC1)c1ccccc1. The molecule has 2 fully saturated rings. The Labute approximate surface area is 181 Å². The number of sulfone groups is 1. The van der Waals surface area contributed by atoms with E-state index >= 15 is 0 Å². The molecule has 10 heteroatoms. The van der Waals surface area contributed by atoms with Crippen LogP contribution in [0.1, 0.15) is 42.5 Å². The van der Waals surface area contributed by atoms with Gasteiger partial charge in [0, 0.05) is 37.5 Å². The number of hydrazone groups is 1. The smallest absolute Gasteiger partial charge is 0.270 e. The Kier molecular flexibility index (Phi) is 6.08. The van der Waals surface area contributed by atoms with E-state index in [-0.39, 0.29) is 48.1 Å². The molecule has 3 aliphatic rings. The topological polar surface area (TPSA) is 116 Å². The van der Waals surface area contributed by atoms with Crippen molar-refractivity contribution < 1.29 is 22.8 Å². The lowest BCUT2D eigenvalue weighted by atomic mass is 10.0. The van der Waals surface area contributed by atoms with Crippen LogP contribution in [-0.4, -0.2) is 78.4 Å². The average Bonchev–Trinajstić information content (AvgIpc) is 3.14. The summed E-state index contributed by atoms with van der Waals surface area (Å²) >= 11 is 0. The number of carbonyl (C=O) groups excluding carboxylic acids is 3. The number of rotatable bonds is 4. The van der Waals surface area contributed by atoms with E-state index in [0.29, 0.717) is 43.6 Å². The summed E-state index contributed by atoms with van der Waals surface area (Å²) < 4.78 is 23.5. The van der Waals surface area contributed by atoms with Crippen LogP contribution in [0.4, 0.5) is 0 Å². The monoisotopic (exact) mass is 446 g/mol. The third-order valence-electron chi connectivity index (χ3n) is 6.01. The maximum absolute atomic E-state index is 12.9. The zero-order chi connectivity index (χ0) is 22.0. The van der Waals surface area contributed by atoms with Gasteiger partial charge < -0.3 is 10.2 Å². The molecule has 1 aromatic rings. The Morgan fingerprint density at radius 3 is 2.39 bits per heavy atom. The van der Waals surface area contributed by atoms with Crippen LogP contribution < -0.4 is 5.32 Å². The van der Waals surface area contributed by atoms with Crippen molar-refractivity contribution in [1.29, 1.82) is 0 Å². The van der Waals surface area contributed by atoms with Crippen LogP contribution in [0.25, 0.3) is 0 Å². The first kappa shape index (κ1) is 21.5. The van der Waals surface area contributed by atoms with Crippen molar-refractivity contribution in [3.63, 3.8) is 0 Å². The Hall–Kier alpha value is -2.75. The molecule has 1 N–H and O–H groups in total. The number of nitrogens with zero attached hydrogens (tertiary/aromatic N) is 3. The highest BCUT2D eigenvalue weighted by Gasteiger charge is 2.38. The van der Waals surface area contributed by atoms with Crippen LogP contribution in [0.5, 0.6) is 0 Å². The number of hydrogen-bond acceptors (Lipinski definition) is 6. The maximum Gasteiger partial charge on any atom is 0.270 e. The Morgan fingerprint density at radius 1 is 1.03 bits per heavy atom. The summed E-state index contributed by atoms with van der Waals surface area (Å²) in [6.07, 6.45) is 2.05. The van der Waals surface area contributed by atoms with Crippen LogP contribution in [0.3, 0.4) is 0 Å². The van der Waals surface area contributed by atoms with Gasteiger partial charge in [-0.15, -0.1) is 0 Å². The molecule has 1 aromatic carbocycles. The third-order valence-corrected chi connectivity index (χ3v) is 7.76. The summed E-state index contributed by atoms with van der Waals surface area (Å²) in [5.74, 6) is -0.631. The minimum Gasteiger partial charge on any atom is -0.349 e. The van der Waals surface area contributed by atoms with Gasteiger partial charge in [-0.1, -0.05) is 18.2 Å². The van der Waals surface area contributed by atoms with E-state index < -0.39 is 15.9 Å². The van der Waals surface area contributed by atoms with Gasteiger partial charge in [-0.05, 0) is 31.4 Å². The zero-order valence-electron chi connectivity index (χ0n) is 17.2. The lowest BCUT2D eigenvalue weighted by Gasteiger charge is -2.34. The van der Waals surface area contributed by atoms with Crippen LogP contribution in [-0.2, 0) is 19.4 Å². The van der Waals surface area contributed by atoms with Gasteiger partial charge in [0.25, 0.3) is 11.8 Å². The molecular weight excluding hydrogens is 420 g/mol. The first-order valence-corrected chi connectivity index (χ1v) is 12.4. The molecule has 1 unspecified atom stereocenters. The first-order valence-electron chi connectivity index (χ1n) is 10.6. The van der Waals surface area contributed by atoms with Crippen LogP contribution in [0.2, 0.25) is 0 Å². The van der Waals surface area contributed by atoms with Crippen LogP contribution >= 0.6 is 0 Å². The summed E-state index contributed by atoms with van der Waals surface area (Å²) in [7, 11) is -3.16.